The standard InChI is InChI=1S/C20H23N3O4/c24-17-6-8-23(20(26)15-5-7-21-11-15)12-16(17)22-19(25)14-3-4-18-13(10-14)2-1-9-27-18/h3-5,7,10-11,16-17,21,24H,1-2,6,8-9,12H2,(H,22,25)/t16-,17+/m1/s1. The number of hydrogen-bond donors (Lipinski definition) is 3. The molecule has 1 aromatic carbocycles. The second-order valence-electron chi connectivity index (χ2n) is 7.06. The largest absolute Gasteiger partial charge is 0.493 e. The van der Waals surface area contributed by atoms with Crippen LogP contribution in [0, 0.1) is 0 Å². The molecule has 27 heavy (non-hydrogen) atoms. The Balaban J connectivity index is 1.44. The van der Waals surface area contributed by atoms with E-state index in [0.717, 1.165) is 24.2 Å². The number of amides is 2. The Morgan fingerprint density at radius 2 is 2.15 bits per heavy atom. The van der Waals surface area contributed by atoms with Crippen molar-refractivity contribution in [3.05, 3.63) is 53.3 Å². The molecule has 0 unspecified atom stereocenters. The molecule has 3 heterocycles. The zero-order valence-electron chi connectivity index (χ0n) is 15.0. The van der Waals surface area contributed by atoms with Crippen LogP contribution in [0.2, 0.25) is 0 Å². The molecule has 2 amide bonds. The Kier molecular flexibility index (Phi) is 4.85. The highest BCUT2D eigenvalue weighted by Gasteiger charge is 2.32. The third kappa shape index (κ3) is 3.68. The summed E-state index contributed by atoms with van der Waals surface area (Å²) in [6.45, 7) is 1.45. The van der Waals surface area contributed by atoms with Gasteiger partial charge in [-0.1, -0.05) is 0 Å². The lowest BCUT2D eigenvalue weighted by Gasteiger charge is -2.36. The summed E-state index contributed by atoms with van der Waals surface area (Å²) < 4.78 is 5.58. The van der Waals surface area contributed by atoms with E-state index in [4.69, 9.17) is 4.74 Å². The average Bonchev–Trinajstić information content (AvgIpc) is 3.23. The van der Waals surface area contributed by atoms with Crippen LogP contribution in [0.4, 0.5) is 0 Å². The number of H-pyrrole nitrogens is 1. The number of aryl methyl sites for hydroxylation is 1. The van der Waals surface area contributed by atoms with E-state index in [1.807, 2.05) is 12.1 Å². The molecule has 1 fully saturated rings. The Bertz CT molecular complexity index is 834. The van der Waals surface area contributed by atoms with Crippen molar-refractivity contribution < 1.29 is 19.4 Å². The van der Waals surface area contributed by atoms with Gasteiger partial charge in [0.25, 0.3) is 11.8 Å². The normalized spacial score (nSPS) is 21.9. The van der Waals surface area contributed by atoms with E-state index >= 15 is 0 Å². The highest BCUT2D eigenvalue weighted by molar-refractivity contribution is 5.95. The van der Waals surface area contributed by atoms with Crippen molar-refractivity contribution >= 4 is 11.8 Å². The van der Waals surface area contributed by atoms with Gasteiger partial charge in [-0.2, -0.15) is 0 Å². The number of aliphatic hydroxyl groups is 1. The van der Waals surface area contributed by atoms with Gasteiger partial charge in [-0.15, -0.1) is 0 Å². The fraction of sp³-hybridized carbons (Fsp3) is 0.400. The van der Waals surface area contributed by atoms with Gasteiger partial charge in [0.15, 0.2) is 0 Å². The van der Waals surface area contributed by atoms with Crippen LogP contribution in [-0.2, 0) is 6.42 Å². The number of carbonyl (C=O) groups is 2. The van der Waals surface area contributed by atoms with Crippen molar-refractivity contribution in [3.63, 3.8) is 0 Å². The molecule has 0 saturated carbocycles. The van der Waals surface area contributed by atoms with Crippen molar-refractivity contribution in [2.75, 3.05) is 19.7 Å². The first-order valence-electron chi connectivity index (χ1n) is 9.28. The zero-order valence-corrected chi connectivity index (χ0v) is 15.0. The number of fused-ring (bicyclic) bond motifs is 1. The van der Waals surface area contributed by atoms with Crippen LogP contribution in [0.25, 0.3) is 0 Å². The van der Waals surface area contributed by atoms with Gasteiger partial charge in [-0.25, -0.2) is 0 Å². The van der Waals surface area contributed by atoms with Gasteiger partial charge in [0.05, 0.1) is 24.3 Å². The van der Waals surface area contributed by atoms with Crippen LogP contribution >= 0.6 is 0 Å². The molecule has 0 aliphatic carbocycles. The molecule has 142 valence electrons. The van der Waals surface area contributed by atoms with Crippen LogP contribution in [0.5, 0.6) is 5.75 Å². The number of hydrogen-bond acceptors (Lipinski definition) is 4. The third-order valence-electron chi connectivity index (χ3n) is 5.20. The highest BCUT2D eigenvalue weighted by Crippen LogP contribution is 2.25. The summed E-state index contributed by atoms with van der Waals surface area (Å²) in [5.74, 6) is 0.482. The predicted octanol–water partition coefficient (Wildman–Crippen LogP) is 1.35. The molecule has 7 heteroatoms. The molecule has 4 rings (SSSR count). The van der Waals surface area contributed by atoms with Gasteiger partial charge in [-0.3, -0.25) is 9.59 Å². The monoisotopic (exact) mass is 369 g/mol. The zero-order chi connectivity index (χ0) is 18.8. The van der Waals surface area contributed by atoms with E-state index in [1.165, 1.54) is 0 Å². The molecule has 3 N–H and O–H groups in total. The topological polar surface area (TPSA) is 94.7 Å². The number of ether oxygens (including phenoxy) is 1. The lowest BCUT2D eigenvalue weighted by molar-refractivity contribution is 0.0359. The number of piperidine rings is 1. The maximum absolute atomic E-state index is 12.7. The first kappa shape index (κ1) is 17.6. The fourth-order valence-corrected chi connectivity index (χ4v) is 3.66. The van der Waals surface area contributed by atoms with Crippen LogP contribution < -0.4 is 10.1 Å². The molecule has 2 aliphatic rings. The second-order valence-corrected chi connectivity index (χ2v) is 7.06. The summed E-state index contributed by atoms with van der Waals surface area (Å²) in [6, 6.07) is 6.62. The molecular weight excluding hydrogens is 346 g/mol. The maximum Gasteiger partial charge on any atom is 0.255 e. The number of nitrogens with one attached hydrogen (secondary N) is 2. The van der Waals surface area contributed by atoms with Crippen molar-refractivity contribution in [2.45, 2.75) is 31.4 Å². The van der Waals surface area contributed by atoms with Gasteiger partial charge < -0.3 is 25.0 Å². The van der Waals surface area contributed by atoms with Gasteiger partial charge in [0, 0.05) is 31.0 Å². The van der Waals surface area contributed by atoms with Gasteiger partial charge in [0.1, 0.15) is 5.75 Å². The number of benzene rings is 1. The molecule has 1 saturated heterocycles. The van der Waals surface area contributed by atoms with Gasteiger partial charge in [0.2, 0.25) is 0 Å². The molecule has 2 atom stereocenters. The van der Waals surface area contributed by atoms with Gasteiger partial charge >= 0.3 is 0 Å². The number of carbonyl (C=O) groups excluding carboxylic acids is 2. The number of aliphatic hydroxyl groups excluding tert-OH is 1. The smallest absolute Gasteiger partial charge is 0.255 e. The lowest BCUT2D eigenvalue weighted by Crippen LogP contribution is -2.56. The van der Waals surface area contributed by atoms with Gasteiger partial charge in [-0.05, 0) is 49.1 Å². The first-order valence-corrected chi connectivity index (χ1v) is 9.28. The summed E-state index contributed by atoms with van der Waals surface area (Å²) in [5, 5.41) is 13.2. The minimum atomic E-state index is -0.676. The molecule has 2 aliphatic heterocycles. The summed E-state index contributed by atoms with van der Waals surface area (Å²) in [5.41, 5.74) is 2.15. The minimum absolute atomic E-state index is 0.103. The Labute approximate surface area is 157 Å². The first-order chi connectivity index (χ1) is 13.1. The predicted molar refractivity (Wildman–Crippen MR) is 98.8 cm³/mol. The Morgan fingerprint density at radius 3 is 2.96 bits per heavy atom. The van der Waals surface area contributed by atoms with E-state index in [2.05, 4.69) is 10.3 Å². The Morgan fingerprint density at radius 1 is 1.26 bits per heavy atom. The van der Waals surface area contributed by atoms with E-state index < -0.39 is 12.1 Å². The molecule has 7 nitrogen and oxygen atoms in total. The fourth-order valence-electron chi connectivity index (χ4n) is 3.66. The van der Waals surface area contributed by atoms with E-state index in [1.54, 1.807) is 29.4 Å². The number of aromatic amines is 1. The minimum Gasteiger partial charge on any atom is -0.493 e. The third-order valence-corrected chi connectivity index (χ3v) is 5.20. The van der Waals surface area contributed by atoms with Crippen LogP contribution in [0.15, 0.2) is 36.7 Å². The van der Waals surface area contributed by atoms with Crippen LogP contribution in [0.3, 0.4) is 0 Å². The molecule has 0 radical (unpaired) electrons. The van der Waals surface area contributed by atoms with Crippen molar-refractivity contribution in [1.82, 2.24) is 15.2 Å². The van der Waals surface area contributed by atoms with Crippen LogP contribution in [0.1, 0.15) is 39.1 Å². The van der Waals surface area contributed by atoms with Crippen molar-refractivity contribution in [2.24, 2.45) is 0 Å². The quantitative estimate of drug-likeness (QED) is 0.761. The maximum atomic E-state index is 12.7. The summed E-state index contributed by atoms with van der Waals surface area (Å²) in [7, 11) is 0. The number of nitrogens with zero attached hydrogens (tertiary/aromatic N) is 1. The van der Waals surface area contributed by atoms with E-state index in [0.29, 0.717) is 30.7 Å². The summed E-state index contributed by atoms with van der Waals surface area (Å²) >= 11 is 0. The van der Waals surface area contributed by atoms with E-state index in [-0.39, 0.29) is 18.4 Å². The number of aromatic nitrogens is 1. The molecule has 2 aromatic rings. The molecule has 1 aromatic heterocycles. The Hall–Kier alpha value is -2.80. The average molecular weight is 369 g/mol. The second kappa shape index (κ2) is 7.44. The highest BCUT2D eigenvalue weighted by atomic mass is 16.5. The number of rotatable bonds is 3. The van der Waals surface area contributed by atoms with Crippen molar-refractivity contribution in [3.8, 4) is 5.75 Å². The number of likely N-dealkylation sites (tertiary alicyclic amines) is 1. The molecule has 0 bridgehead atoms. The SMILES string of the molecule is O=C(N[C@@H]1CN(C(=O)c2cc[nH]c2)CC[C@@H]1O)c1ccc2c(c1)CCCO2. The van der Waals surface area contributed by atoms with Crippen LogP contribution in [-0.4, -0.2) is 58.6 Å². The summed E-state index contributed by atoms with van der Waals surface area (Å²) in [4.78, 5) is 29.7. The van der Waals surface area contributed by atoms with Crippen molar-refractivity contribution in [1.29, 1.82) is 0 Å². The van der Waals surface area contributed by atoms with E-state index in [9.17, 15) is 14.7 Å². The molecule has 0 spiro atoms. The lowest BCUT2D eigenvalue weighted by atomic mass is 9.99. The summed E-state index contributed by atoms with van der Waals surface area (Å²) in [6.07, 6.45) is 4.93. The molecular formula is C20H23N3O4.